The summed E-state index contributed by atoms with van der Waals surface area (Å²) in [7, 11) is 1.77. The maximum Gasteiger partial charge on any atom is 0.232 e. The Labute approximate surface area is 124 Å². The minimum atomic E-state index is 0.493. The summed E-state index contributed by atoms with van der Waals surface area (Å²) in [6, 6.07) is 3.70. The number of pyridine rings is 1. The fourth-order valence-electron chi connectivity index (χ4n) is 1.77. The molecule has 0 unspecified atom stereocenters. The molecule has 0 fully saturated rings. The van der Waals surface area contributed by atoms with Crippen molar-refractivity contribution in [3.8, 4) is 11.6 Å². The van der Waals surface area contributed by atoms with E-state index in [0.29, 0.717) is 22.6 Å². The first-order valence-electron chi connectivity index (χ1n) is 5.90. The van der Waals surface area contributed by atoms with Crippen LogP contribution in [0.1, 0.15) is 4.88 Å². The molecule has 0 aliphatic heterocycles. The Kier molecular flexibility index (Phi) is 3.42. The number of fused-ring (bicyclic) bond motifs is 1. The number of aryl methyl sites for hydroxylation is 1. The highest BCUT2D eigenvalue weighted by Gasteiger charge is 2.12. The van der Waals surface area contributed by atoms with Gasteiger partial charge in [-0.05, 0) is 13.0 Å². The van der Waals surface area contributed by atoms with Gasteiger partial charge in [0, 0.05) is 24.2 Å². The van der Waals surface area contributed by atoms with Gasteiger partial charge in [0.2, 0.25) is 11.8 Å². The third-order valence-electron chi connectivity index (χ3n) is 2.60. The van der Waals surface area contributed by atoms with Gasteiger partial charge in [-0.15, -0.1) is 11.3 Å². The lowest BCUT2D eigenvalue weighted by Crippen LogP contribution is -1.98. The van der Waals surface area contributed by atoms with E-state index in [2.05, 4.69) is 20.3 Å². The summed E-state index contributed by atoms with van der Waals surface area (Å²) in [6.45, 7) is 2.02. The number of nitrogens with zero attached hydrogens (tertiary/aromatic N) is 3. The van der Waals surface area contributed by atoms with Crippen molar-refractivity contribution >= 4 is 39.1 Å². The molecule has 0 aromatic carbocycles. The number of hydrogen-bond acceptors (Lipinski definition) is 6. The van der Waals surface area contributed by atoms with Crippen molar-refractivity contribution in [2.75, 3.05) is 12.4 Å². The first-order valence-corrected chi connectivity index (χ1v) is 7.09. The average Bonchev–Trinajstić information content (AvgIpc) is 2.79. The van der Waals surface area contributed by atoms with E-state index in [-0.39, 0.29) is 0 Å². The van der Waals surface area contributed by atoms with Crippen LogP contribution in [-0.2, 0) is 0 Å². The van der Waals surface area contributed by atoms with Crippen molar-refractivity contribution in [3.05, 3.63) is 34.4 Å². The Bertz CT molecular complexity index is 774. The summed E-state index contributed by atoms with van der Waals surface area (Å²) >= 11 is 7.50. The number of ether oxygens (including phenoxy) is 1. The zero-order valence-electron chi connectivity index (χ0n) is 10.8. The van der Waals surface area contributed by atoms with E-state index in [1.54, 1.807) is 36.8 Å². The van der Waals surface area contributed by atoms with Gasteiger partial charge in [-0.1, -0.05) is 11.6 Å². The number of anilines is 1. The Hall–Kier alpha value is -1.92. The Balaban J connectivity index is 2.09. The van der Waals surface area contributed by atoms with Crippen LogP contribution in [0, 0.1) is 6.92 Å². The van der Waals surface area contributed by atoms with Crippen molar-refractivity contribution in [1.29, 1.82) is 0 Å². The van der Waals surface area contributed by atoms with Gasteiger partial charge < -0.3 is 10.1 Å². The number of halogens is 1. The van der Waals surface area contributed by atoms with Crippen LogP contribution in [0.2, 0.25) is 5.02 Å². The summed E-state index contributed by atoms with van der Waals surface area (Å²) in [6.07, 6.45) is 3.15. The second-order valence-electron chi connectivity index (χ2n) is 4.12. The molecule has 0 saturated carbocycles. The first-order chi connectivity index (χ1) is 9.65. The van der Waals surface area contributed by atoms with Gasteiger partial charge in [-0.25, -0.2) is 4.98 Å². The molecular weight excluding hydrogens is 296 g/mol. The predicted octanol–water partition coefficient (Wildman–Crippen LogP) is 3.88. The molecule has 0 saturated heterocycles. The zero-order chi connectivity index (χ0) is 14.1. The van der Waals surface area contributed by atoms with E-state index in [1.165, 1.54) is 0 Å². The number of hydrogen-bond donors (Lipinski definition) is 1. The fourth-order valence-corrected chi connectivity index (χ4v) is 2.80. The second kappa shape index (κ2) is 5.22. The van der Waals surface area contributed by atoms with Gasteiger partial charge in [-0.2, -0.15) is 4.98 Å². The molecule has 3 aromatic rings. The monoisotopic (exact) mass is 306 g/mol. The van der Waals surface area contributed by atoms with E-state index in [4.69, 9.17) is 16.3 Å². The minimum absolute atomic E-state index is 0.493. The largest absolute Gasteiger partial charge is 0.436 e. The van der Waals surface area contributed by atoms with Crippen molar-refractivity contribution in [3.63, 3.8) is 0 Å². The summed E-state index contributed by atoms with van der Waals surface area (Å²) < 4.78 is 5.80. The fraction of sp³-hybridized carbons (Fsp3) is 0.154. The molecule has 1 N–H and O–H groups in total. The molecule has 3 rings (SSSR count). The van der Waals surface area contributed by atoms with Crippen molar-refractivity contribution in [2.24, 2.45) is 0 Å². The quantitative estimate of drug-likeness (QED) is 0.795. The highest BCUT2D eigenvalue weighted by atomic mass is 35.5. The Morgan fingerprint density at radius 3 is 2.85 bits per heavy atom. The topological polar surface area (TPSA) is 59.9 Å². The van der Waals surface area contributed by atoms with Gasteiger partial charge >= 0.3 is 0 Å². The van der Waals surface area contributed by atoms with Gasteiger partial charge in [-0.3, -0.25) is 4.98 Å². The van der Waals surface area contributed by atoms with Gasteiger partial charge in [0.1, 0.15) is 10.6 Å². The lowest BCUT2D eigenvalue weighted by Gasteiger charge is -2.07. The number of aromatic nitrogens is 3. The maximum atomic E-state index is 5.91. The molecule has 0 aliphatic carbocycles. The van der Waals surface area contributed by atoms with Crippen LogP contribution in [0.3, 0.4) is 0 Å². The highest BCUT2D eigenvalue weighted by Crippen LogP contribution is 2.33. The smallest absolute Gasteiger partial charge is 0.232 e. The second-order valence-corrected chi connectivity index (χ2v) is 5.79. The minimum Gasteiger partial charge on any atom is -0.436 e. The predicted molar refractivity (Wildman–Crippen MR) is 81.0 cm³/mol. The maximum absolute atomic E-state index is 5.91. The standard InChI is InChI=1S/C13H11ClN4OS/c1-7-3-10-11(17-13(15-2)18-12(10)20-7)19-9-4-8(14)5-16-6-9/h3-6H,1-2H3,(H,15,17,18). The molecule has 0 aliphatic rings. The molecule has 0 radical (unpaired) electrons. The van der Waals surface area contributed by atoms with Crippen LogP contribution < -0.4 is 10.1 Å². The Morgan fingerprint density at radius 1 is 1.25 bits per heavy atom. The van der Waals surface area contributed by atoms with E-state index in [0.717, 1.165) is 15.1 Å². The van der Waals surface area contributed by atoms with Crippen LogP contribution >= 0.6 is 22.9 Å². The SMILES string of the molecule is CNc1nc(Oc2cncc(Cl)c2)c2cc(C)sc2n1. The third kappa shape index (κ3) is 2.52. The van der Waals surface area contributed by atoms with Crippen LogP contribution in [0.15, 0.2) is 24.5 Å². The van der Waals surface area contributed by atoms with Crippen LogP contribution in [-0.4, -0.2) is 22.0 Å². The van der Waals surface area contributed by atoms with Gasteiger partial charge in [0.25, 0.3) is 0 Å². The average molecular weight is 307 g/mol. The van der Waals surface area contributed by atoms with Gasteiger partial charge in [0.05, 0.1) is 16.6 Å². The molecular formula is C13H11ClN4OS. The van der Waals surface area contributed by atoms with Crippen molar-refractivity contribution in [2.45, 2.75) is 6.92 Å². The number of nitrogens with one attached hydrogen (secondary N) is 1. The van der Waals surface area contributed by atoms with Gasteiger partial charge in [0.15, 0.2) is 0 Å². The molecule has 7 heteroatoms. The molecule has 0 atom stereocenters. The molecule has 5 nitrogen and oxygen atoms in total. The lowest BCUT2D eigenvalue weighted by atomic mass is 10.3. The summed E-state index contributed by atoms with van der Waals surface area (Å²) in [5.74, 6) is 1.56. The summed E-state index contributed by atoms with van der Waals surface area (Å²) in [5.41, 5.74) is 0. The van der Waals surface area contributed by atoms with E-state index >= 15 is 0 Å². The molecule has 3 heterocycles. The lowest BCUT2D eigenvalue weighted by molar-refractivity contribution is 0.467. The third-order valence-corrected chi connectivity index (χ3v) is 3.75. The molecule has 0 spiro atoms. The van der Waals surface area contributed by atoms with Crippen molar-refractivity contribution in [1.82, 2.24) is 15.0 Å². The first kappa shape index (κ1) is 13.1. The van der Waals surface area contributed by atoms with Crippen LogP contribution in [0.5, 0.6) is 11.6 Å². The van der Waals surface area contributed by atoms with E-state index in [1.807, 2.05) is 13.0 Å². The molecule has 102 valence electrons. The zero-order valence-corrected chi connectivity index (χ0v) is 12.4. The number of thiophene rings is 1. The van der Waals surface area contributed by atoms with E-state index in [9.17, 15) is 0 Å². The molecule has 0 bridgehead atoms. The summed E-state index contributed by atoms with van der Waals surface area (Å²) in [4.78, 5) is 14.8. The molecule has 20 heavy (non-hydrogen) atoms. The summed E-state index contributed by atoms with van der Waals surface area (Å²) in [5, 5.41) is 4.33. The van der Waals surface area contributed by atoms with Crippen LogP contribution in [0.4, 0.5) is 5.95 Å². The highest BCUT2D eigenvalue weighted by molar-refractivity contribution is 7.18. The Morgan fingerprint density at radius 2 is 2.10 bits per heavy atom. The molecule has 3 aromatic heterocycles. The molecule has 0 amide bonds. The van der Waals surface area contributed by atoms with E-state index < -0.39 is 0 Å². The van der Waals surface area contributed by atoms with Crippen molar-refractivity contribution < 1.29 is 4.74 Å². The van der Waals surface area contributed by atoms with Crippen LogP contribution in [0.25, 0.3) is 10.2 Å². The number of rotatable bonds is 3. The normalized spacial score (nSPS) is 10.8.